The largest absolute Gasteiger partial charge is 0.456 e. The van der Waals surface area contributed by atoms with Crippen molar-refractivity contribution in [1.82, 2.24) is 10.2 Å². The van der Waals surface area contributed by atoms with E-state index in [2.05, 4.69) is 37.2 Å². The number of nitrogens with two attached hydrogens (primary N) is 1. The molecule has 0 heterocycles. The highest BCUT2D eigenvalue weighted by molar-refractivity contribution is 5.98. The second-order valence-electron chi connectivity index (χ2n) is 11.4. The van der Waals surface area contributed by atoms with Crippen molar-refractivity contribution >= 4 is 11.9 Å². The third-order valence-corrected chi connectivity index (χ3v) is 7.28. The molecule has 0 unspecified atom stereocenters. The number of esters is 1. The van der Waals surface area contributed by atoms with Gasteiger partial charge in [-0.25, -0.2) is 13.6 Å². The normalized spacial score (nSPS) is 12.4. The Kier molecular flexibility index (Phi) is 13.1. The third-order valence-electron chi connectivity index (χ3n) is 7.28. The van der Waals surface area contributed by atoms with Crippen molar-refractivity contribution in [3.05, 3.63) is 106 Å². The first kappa shape index (κ1) is 34.4. The van der Waals surface area contributed by atoms with E-state index in [-0.39, 0.29) is 24.4 Å². The summed E-state index contributed by atoms with van der Waals surface area (Å²) in [6.45, 7) is 10.1. The highest BCUT2D eigenvalue weighted by atomic mass is 19.1. The van der Waals surface area contributed by atoms with Crippen LogP contribution >= 0.6 is 0 Å². The van der Waals surface area contributed by atoms with Crippen molar-refractivity contribution in [1.29, 1.82) is 0 Å². The first-order valence-corrected chi connectivity index (χ1v) is 15.2. The smallest absolute Gasteiger partial charge is 0.338 e. The van der Waals surface area contributed by atoms with Crippen molar-refractivity contribution < 1.29 is 23.1 Å². The highest BCUT2D eigenvalue weighted by Crippen LogP contribution is 2.18. The van der Waals surface area contributed by atoms with E-state index in [1.54, 1.807) is 11.0 Å². The molecule has 3 aromatic rings. The molecule has 0 saturated heterocycles. The second kappa shape index (κ2) is 16.7. The molecule has 6 nitrogen and oxygen atoms in total. The molecule has 0 aliphatic carbocycles. The second-order valence-corrected chi connectivity index (χ2v) is 11.4. The Labute approximate surface area is 260 Å². The van der Waals surface area contributed by atoms with Crippen LogP contribution in [0, 0.1) is 24.0 Å². The molecule has 8 heteroatoms. The average Bonchev–Trinajstić information content (AvgIpc) is 2.99. The number of nitrogens with one attached hydrogen (secondary N) is 1. The predicted octanol–water partition coefficient (Wildman–Crippen LogP) is 6.22. The van der Waals surface area contributed by atoms with Gasteiger partial charge in [-0.15, -0.1) is 6.42 Å². The van der Waals surface area contributed by atoms with Gasteiger partial charge in [0.15, 0.2) is 0 Å². The van der Waals surface area contributed by atoms with Crippen LogP contribution in [0.1, 0.15) is 89.4 Å². The quantitative estimate of drug-likeness (QED) is 0.159. The Morgan fingerprint density at radius 2 is 1.61 bits per heavy atom. The number of amides is 1. The topological polar surface area (TPSA) is 84.7 Å². The zero-order valence-electron chi connectivity index (χ0n) is 26.0. The summed E-state index contributed by atoms with van der Waals surface area (Å²) in [7, 11) is 0. The summed E-state index contributed by atoms with van der Waals surface area (Å²) in [5.41, 5.74) is 9.89. The monoisotopic (exact) mass is 603 g/mol. The van der Waals surface area contributed by atoms with Crippen LogP contribution in [0.3, 0.4) is 0 Å². The molecule has 3 N–H and O–H groups in total. The van der Waals surface area contributed by atoms with E-state index in [4.69, 9.17) is 16.9 Å². The molecule has 0 aliphatic rings. The number of hydrogen-bond acceptors (Lipinski definition) is 5. The Balaban J connectivity index is 1.85. The van der Waals surface area contributed by atoms with Gasteiger partial charge in [-0.05, 0) is 72.2 Å². The van der Waals surface area contributed by atoms with Crippen LogP contribution in [-0.2, 0) is 17.7 Å². The molecule has 0 radical (unpaired) electrons. The molecule has 234 valence electrons. The molecule has 3 rings (SSSR count). The van der Waals surface area contributed by atoms with Gasteiger partial charge < -0.3 is 20.7 Å². The number of nitrogens with zero attached hydrogens (tertiary/aromatic N) is 1. The third kappa shape index (κ3) is 10.0. The van der Waals surface area contributed by atoms with Gasteiger partial charge in [-0.3, -0.25) is 4.79 Å². The van der Waals surface area contributed by atoms with Crippen LogP contribution in [0.4, 0.5) is 8.78 Å². The molecule has 1 amide bonds. The number of carbonyl (C=O) groups excluding carboxylic acids is 2. The number of halogens is 2. The first-order valence-electron chi connectivity index (χ1n) is 15.2. The van der Waals surface area contributed by atoms with Crippen molar-refractivity contribution in [2.45, 2.75) is 71.6 Å². The number of ether oxygens (including phenoxy) is 1. The van der Waals surface area contributed by atoms with Gasteiger partial charge in [0.25, 0.3) is 5.91 Å². The molecule has 3 aromatic carbocycles. The maximum Gasteiger partial charge on any atom is 0.338 e. The molecule has 0 fully saturated rings. The van der Waals surface area contributed by atoms with Gasteiger partial charge in [0.2, 0.25) is 0 Å². The summed E-state index contributed by atoms with van der Waals surface area (Å²) in [6, 6.07) is 15.2. The molecule has 0 saturated carbocycles. The maximum atomic E-state index is 13.9. The lowest BCUT2D eigenvalue weighted by Crippen LogP contribution is -2.46. The van der Waals surface area contributed by atoms with Crippen LogP contribution in [-0.4, -0.2) is 48.6 Å². The summed E-state index contributed by atoms with van der Waals surface area (Å²) < 4.78 is 33.7. The fourth-order valence-corrected chi connectivity index (χ4v) is 5.03. The Bertz CT molecular complexity index is 1440. The van der Waals surface area contributed by atoms with Gasteiger partial charge in [0.05, 0.1) is 5.56 Å². The number of hydrogen-bond donors (Lipinski definition) is 2. The van der Waals surface area contributed by atoms with Gasteiger partial charge in [0, 0.05) is 49.4 Å². The number of benzene rings is 3. The Morgan fingerprint density at radius 1 is 0.955 bits per heavy atom. The molecule has 2 atom stereocenters. The minimum Gasteiger partial charge on any atom is -0.456 e. The molecule has 0 spiro atoms. The van der Waals surface area contributed by atoms with E-state index in [9.17, 15) is 18.4 Å². The standard InChI is InChI=1S/C36H43F2N3O3/c1-6-12-41(13-7-2)35(42)29-14-25(8-3)15-30(20-29)36(43)44-34(33(39)19-27-17-31(37)21-32(38)18-27)23-40-22-26-10-9-11-28(16-26)24(4)5/h3,9-11,14-18,20-21,24,33-34,40H,6-7,12-13,19,22-23,39H2,1-2,4-5H3/t33-,34+/m0/s1. The van der Waals surface area contributed by atoms with Crippen LogP contribution in [0.5, 0.6) is 0 Å². The lowest BCUT2D eigenvalue weighted by Gasteiger charge is -2.25. The summed E-state index contributed by atoms with van der Waals surface area (Å²) >= 11 is 0. The molecule has 0 aliphatic heterocycles. The lowest BCUT2D eigenvalue weighted by atomic mass is 10.00. The van der Waals surface area contributed by atoms with Gasteiger partial charge in [0.1, 0.15) is 17.7 Å². The van der Waals surface area contributed by atoms with E-state index in [1.807, 2.05) is 26.0 Å². The van der Waals surface area contributed by atoms with Crippen molar-refractivity contribution in [3.63, 3.8) is 0 Å². The SMILES string of the molecule is C#Cc1cc(C(=O)O[C@H](CNCc2cccc(C(C)C)c2)[C@@H](N)Cc2cc(F)cc(F)c2)cc(C(=O)N(CCC)CCC)c1. The number of terminal acetylenes is 1. The van der Waals surface area contributed by atoms with Crippen molar-refractivity contribution in [3.8, 4) is 12.3 Å². The molecular weight excluding hydrogens is 560 g/mol. The van der Waals surface area contributed by atoms with Gasteiger partial charge in [-0.2, -0.15) is 0 Å². The molecule has 44 heavy (non-hydrogen) atoms. The van der Waals surface area contributed by atoms with E-state index < -0.39 is 29.7 Å². The summed E-state index contributed by atoms with van der Waals surface area (Å²) in [6.07, 6.45) is 6.45. The molecule has 0 bridgehead atoms. The van der Waals surface area contributed by atoms with E-state index in [0.717, 1.165) is 24.5 Å². The fourth-order valence-electron chi connectivity index (χ4n) is 5.03. The van der Waals surface area contributed by atoms with Crippen molar-refractivity contribution in [2.75, 3.05) is 19.6 Å². The van der Waals surface area contributed by atoms with E-state index >= 15 is 0 Å². The predicted molar refractivity (Wildman–Crippen MR) is 170 cm³/mol. The minimum absolute atomic E-state index is 0.0638. The van der Waals surface area contributed by atoms with Crippen LogP contribution in [0.25, 0.3) is 0 Å². The van der Waals surface area contributed by atoms with Crippen LogP contribution in [0.2, 0.25) is 0 Å². The summed E-state index contributed by atoms with van der Waals surface area (Å²) in [5, 5.41) is 3.31. The number of carbonyl (C=O) groups is 2. The average molecular weight is 604 g/mol. The zero-order valence-corrected chi connectivity index (χ0v) is 26.0. The van der Waals surface area contributed by atoms with E-state index in [1.165, 1.54) is 29.8 Å². The summed E-state index contributed by atoms with van der Waals surface area (Å²) in [4.78, 5) is 28.6. The first-order chi connectivity index (χ1) is 21.0. The van der Waals surface area contributed by atoms with Crippen molar-refractivity contribution in [2.24, 2.45) is 5.73 Å². The maximum absolute atomic E-state index is 13.9. The van der Waals surface area contributed by atoms with Gasteiger partial charge in [-0.1, -0.05) is 57.9 Å². The molecular formula is C36H43F2N3O3. The zero-order chi connectivity index (χ0) is 32.2. The van der Waals surface area contributed by atoms with Crippen LogP contribution in [0.15, 0.2) is 60.7 Å². The Hall–Kier alpha value is -4.06. The minimum atomic E-state index is -0.868. The van der Waals surface area contributed by atoms with Gasteiger partial charge >= 0.3 is 5.97 Å². The lowest BCUT2D eigenvalue weighted by molar-refractivity contribution is 0.0238. The van der Waals surface area contributed by atoms with E-state index in [0.29, 0.717) is 42.2 Å². The van der Waals surface area contributed by atoms with Crippen LogP contribution < -0.4 is 11.1 Å². The number of rotatable bonds is 15. The fraction of sp³-hybridized carbons (Fsp3) is 0.389. The Morgan fingerprint density at radius 3 is 2.23 bits per heavy atom. The highest BCUT2D eigenvalue weighted by Gasteiger charge is 2.25. The summed E-state index contributed by atoms with van der Waals surface area (Å²) in [5.74, 6) is 0.536. The molecule has 0 aromatic heterocycles.